The van der Waals surface area contributed by atoms with Crippen molar-refractivity contribution in [1.29, 1.82) is 5.26 Å². The molecule has 6 aromatic carbocycles. The van der Waals surface area contributed by atoms with Gasteiger partial charge in [0.2, 0.25) is 5.91 Å². The number of esters is 3. The van der Waals surface area contributed by atoms with Crippen molar-refractivity contribution >= 4 is 38.2 Å². The lowest BCUT2D eigenvalue weighted by Gasteiger charge is -2.46. The molecule has 3 heterocycles. The van der Waals surface area contributed by atoms with Crippen LogP contribution in [-0.2, 0) is 44.1 Å². The predicted molar refractivity (Wildman–Crippen MR) is 360 cm³/mol. The number of rotatable bonds is 27. The van der Waals surface area contributed by atoms with E-state index in [2.05, 4.69) is 43.8 Å². The summed E-state index contributed by atoms with van der Waals surface area (Å²) in [7, 11) is 3.29. The number of ether oxygens (including phenoxy) is 8. The maximum absolute atomic E-state index is 14.2. The van der Waals surface area contributed by atoms with E-state index in [1.807, 2.05) is 77.7 Å². The molecular formula is C75H89N4O15P. The second-order valence-corrected chi connectivity index (χ2v) is 28.4. The normalized spacial score (nSPS) is 15.0. The van der Waals surface area contributed by atoms with E-state index < -0.39 is 53.9 Å². The van der Waals surface area contributed by atoms with Gasteiger partial charge in [-0.05, 0) is 190 Å². The molecule has 2 amide bonds. The van der Waals surface area contributed by atoms with Gasteiger partial charge in [-0.2, -0.15) is 5.26 Å². The van der Waals surface area contributed by atoms with Gasteiger partial charge in [0.05, 0.1) is 70.0 Å². The summed E-state index contributed by atoms with van der Waals surface area (Å²) in [5, 5.41) is 12.6. The Balaban J connectivity index is 0.900. The molecule has 1 fully saturated rings. The van der Waals surface area contributed by atoms with Gasteiger partial charge in [-0.25, -0.2) is 9.46 Å². The summed E-state index contributed by atoms with van der Waals surface area (Å²) in [5.74, 6) is 1.01. The zero-order valence-corrected chi connectivity index (χ0v) is 57.8. The zero-order valence-electron chi connectivity index (χ0n) is 56.9. The third-order valence-electron chi connectivity index (χ3n) is 17.4. The van der Waals surface area contributed by atoms with Gasteiger partial charge in [0.1, 0.15) is 45.8 Å². The second-order valence-electron chi connectivity index (χ2n) is 27.0. The number of hydrogen-bond acceptors (Lipinski definition) is 17. The molecule has 1 unspecified atom stereocenters. The first-order valence-electron chi connectivity index (χ1n) is 32.4. The van der Waals surface area contributed by atoms with Crippen molar-refractivity contribution in [2.75, 3.05) is 60.8 Å². The summed E-state index contributed by atoms with van der Waals surface area (Å²) in [4.78, 5) is 70.3. The van der Waals surface area contributed by atoms with Crippen molar-refractivity contribution in [2.45, 2.75) is 137 Å². The summed E-state index contributed by atoms with van der Waals surface area (Å²) in [6, 6.07) is 40.5. The van der Waals surface area contributed by atoms with Crippen LogP contribution in [0.5, 0.6) is 40.2 Å². The first-order chi connectivity index (χ1) is 45.3. The lowest BCUT2D eigenvalue weighted by molar-refractivity contribution is -0.143. The monoisotopic (exact) mass is 1320 g/mol. The Morgan fingerprint density at radius 1 is 0.632 bits per heavy atom. The largest absolute Gasteiger partial charge is 0.497 e. The lowest BCUT2D eigenvalue weighted by Crippen LogP contribution is -2.48. The molecule has 9 rings (SSSR count). The van der Waals surface area contributed by atoms with Crippen molar-refractivity contribution in [1.82, 2.24) is 14.9 Å². The highest BCUT2D eigenvalue weighted by atomic mass is 31.2. The molecule has 0 saturated carbocycles. The number of piperidine rings is 1. The number of benzene rings is 6. The number of unbranched alkanes of at least 4 members (excludes halogenated alkanes) is 2. The van der Waals surface area contributed by atoms with E-state index >= 15 is 0 Å². The summed E-state index contributed by atoms with van der Waals surface area (Å²) in [6.07, 6.45) is 3.49. The second kappa shape index (κ2) is 30.1. The predicted octanol–water partition coefficient (Wildman–Crippen LogP) is 14.4. The molecule has 1 atom stereocenters. The van der Waals surface area contributed by atoms with Gasteiger partial charge in [0.25, 0.3) is 14.4 Å². The Kier molecular flexibility index (Phi) is 22.5. The summed E-state index contributed by atoms with van der Waals surface area (Å²) < 4.78 is 64.6. The molecular weight excluding hydrogens is 1230 g/mol. The van der Waals surface area contributed by atoms with Crippen molar-refractivity contribution in [3.63, 3.8) is 0 Å². The maximum atomic E-state index is 14.2. The Bertz CT molecular complexity index is 3550. The topological polar surface area (TPSA) is 220 Å². The maximum Gasteiger partial charge on any atom is 0.340 e. The van der Waals surface area contributed by atoms with Crippen LogP contribution in [0.25, 0.3) is 0 Å². The standard InChI is InChI=1S/C75H89N4O15P/c1-49(2)79(50(3)4)95(89-43-17-39-76)90-48-73(47-88-74(52-20-26-55(85-11)27-21-52,53-22-28-56(86-12)29-23-53)54-24-30-57(87-13)31-25-54)37-41-78(42-38-73)66(80)18-15-14-16-40-77-67(81)51-19-34-60-63(44-51)75(94-68(60)82)61-35-32-58(91-69(83)71(5,6)7)45-64(61)93-65-46-59(33-36-62(65)75)92-70(84)72(8,9)10/h19-36,44-46,49-50H,14-18,37-38,40-43,47-48H2,1-13H3,(H,77,81). The molecule has 0 bridgehead atoms. The number of nitrogens with one attached hydrogen (secondary N) is 1. The number of amides is 2. The van der Waals surface area contributed by atoms with Crippen molar-refractivity contribution in [2.24, 2.45) is 16.2 Å². The fourth-order valence-electron chi connectivity index (χ4n) is 12.1. The van der Waals surface area contributed by atoms with E-state index in [1.54, 1.807) is 117 Å². The van der Waals surface area contributed by atoms with E-state index in [-0.39, 0.29) is 84.3 Å². The summed E-state index contributed by atoms with van der Waals surface area (Å²) >= 11 is 0. The molecule has 0 radical (unpaired) electrons. The molecule has 95 heavy (non-hydrogen) atoms. The highest BCUT2D eigenvalue weighted by Crippen LogP contribution is 2.58. The molecule has 504 valence electrons. The molecule has 1 N–H and O–H groups in total. The fraction of sp³-hybridized carbons (Fsp3) is 0.440. The Morgan fingerprint density at radius 3 is 1.59 bits per heavy atom. The van der Waals surface area contributed by atoms with Gasteiger partial charge >= 0.3 is 17.9 Å². The quantitative estimate of drug-likeness (QED) is 0.0167. The Hall–Kier alpha value is -8.37. The molecule has 3 aliphatic heterocycles. The summed E-state index contributed by atoms with van der Waals surface area (Å²) in [6.45, 7) is 20.8. The van der Waals surface area contributed by atoms with E-state index in [0.717, 1.165) is 16.7 Å². The average molecular weight is 1320 g/mol. The molecule has 6 aromatic rings. The first-order valence-corrected chi connectivity index (χ1v) is 33.6. The number of carbonyl (C=O) groups is 5. The minimum Gasteiger partial charge on any atom is -0.497 e. The molecule has 19 nitrogen and oxygen atoms in total. The highest BCUT2D eigenvalue weighted by molar-refractivity contribution is 7.44. The van der Waals surface area contributed by atoms with Gasteiger partial charge in [-0.1, -0.05) is 42.8 Å². The fourth-order valence-corrected chi connectivity index (χ4v) is 13.8. The number of methoxy groups -OCH3 is 3. The molecule has 1 saturated heterocycles. The molecule has 3 aliphatic rings. The number of nitrogens with zero attached hydrogens (tertiary/aromatic N) is 3. The third-order valence-corrected chi connectivity index (χ3v) is 19.5. The van der Waals surface area contributed by atoms with Crippen molar-refractivity contribution in [3.05, 3.63) is 172 Å². The lowest BCUT2D eigenvalue weighted by atomic mass is 9.77. The van der Waals surface area contributed by atoms with Crippen LogP contribution in [-0.4, -0.2) is 112 Å². The minimum absolute atomic E-state index is 0.0331. The van der Waals surface area contributed by atoms with Crippen molar-refractivity contribution < 1.29 is 70.9 Å². The molecule has 1 spiro atoms. The number of nitriles is 1. The SMILES string of the molecule is COc1ccc(C(OCC2(COP(OCCC#N)N(C(C)C)C(C)C)CCN(C(=O)CCCCCNC(=O)c3ccc4c(c3)C3(OC4=O)c4ccc(OC(=O)C(C)(C)C)cc4Oc4cc(OC(=O)C(C)(C)C)ccc43)CC2)(c2ccc(OC)cc2)c2ccc(OC)cc2)cc1. The Morgan fingerprint density at radius 2 is 1.13 bits per heavy atom. The van der Waals surface area contributed by atoms with Crippen LogP contribution in [0, 0.1) is 27.6 Å². The van der Waals surface area contributed by atoms with E-state index in [1.165, 1.54) is 0 Å². The minimum atomic E-state index is -1.62. The molecule has 0 aliphatic carbocycles. The van der Waals surface area contributed by atoms with Crippen LogP contribution in [0.15, 0.2) is 127 Å². The van der Waals surface area contributed by atoms with Crippen LogP contribution in [0.2, 0.25) is 0 Å². The van der Waals surface area contributed by atoms with E-state index in [4.69, 9.17) is 46.9 Å². The Labute approximate surface area is 559 Å². The van der Waals surface area contributed by atoms with Gasteiger partial charge in [-0.15, -0.1) is 0 Å². The number of hydrogen-bond donors (Lipinski definition) is 1. The third kappa shape index (κ3) is 15.8. The van der Waals surface area contributed by atoms with Gasteiger partial charge in [-0.3, -0.25) is 19.2 Å². The van der Waals surface area contributed by atoms with Crippen LogP contribution in [0.1, 0.15) is 168 Å². The van der Waals surface area contributed by atoms with Gasteiger partial charge in [0.15, 0.2) is 5.60 Å². The van der Waals surface area contributed by atoms with E-state index in [9.17, 15) is 29.2 Å². The van der Waals surface area contributed by atoms with E-state index in [0.29, 0.717) is 92.1 Å². The van der Waals surface area contributed by atoms with Gasteiger partial charge < -0.3 is 57.2 Å². The number of likely N-dealkylation sites (tertiary alicyclic amines) is 1. The van der Waals surface area contributed by atoms with Crippen LogP contribution in [0.4, 0.5) is 0 Å². The summed E-state index contributed by atoms with van der Waals surface area (Å²) in [5.41, 5.74) is -0.671. The first kappa shape index (κ1) is 70.9. The number of carbonyl (C=O) groups excluding carboxylic acids is 5. The van der Waals surface area contributed by atoms with Crippen LogP contribution < -0.4 is 33.7 Å². The highest BCUT2D eigenvalue weighted by Gasteiger charge is 2.54. The average Bonchev–Trinajstić information content (AvgIpc) is 1.61. The van der Waals surface area contributed by atoms with Gasteiger partial charge in [0, 0.05) is 77.9 Å². The molecule has 0 aromatic heterocycles. The van der Waals surface area contributed by atoms with Crippen LogP contribution >= 0.6 is 8.53 Å². The zero-order chi connectivity index (χ0) is 68.5. The van der Waals surface area contributed by atoms with Crippen molar-refractivity contribution in [3.8, 4) is 46.3 Å². The van der Waals surface area contributed by atoms with Crippen LogP contribution in [0.3, 0.4) is 0 Å². The smallest absolute Gasteiger partial charge is 0.340 e. The number of fused-ring (bicyclic) bond motifs is 6. The molecule has 20 heteroatoms.